The Morgan fingerprint density at radius 3 is 2.59 bits per heavy atom. The van der Waals surface area contributed by atoms with Gasteiger partial charge in [-0.3, -0.25) is 14.8 Å². The van der Waals surface area contributed by atoms with E-state index in [4.69, 9.17) is 27.9 Å². The molecule has 2 aromatic carbocycles. The molecule has 0 fully saturated rings. The molecule has 0 aliphatic carbocycles. The molecule has 0 unspecified atom stereocenters. The van der Waals surface area contributed by atoms with Crippen molar-refractivity contribution in [3.8, 4) is 5.75 Å². The van der Waals surface area contributed by atoms with Gasteiger partial charge in [0.05, 0.1) is 40.9 Å². The SMILES string of the molecule is COc1cc(Cl)c(Nc2nc3cccc(N(O)O)c3n3cncc23)c(Cl)c1. The number of imidazole rings is 1. The summed E-state index contributed by atoms with van der Waals surface area (Å²) in [5.41, 5.74) is 2.22. The van der Waals surface area contributed by atoms with Crippen LogP contribution in [0.1, 0.15) is 0 Å². The Morgan fingerprint density at radius 2 is 1.93 bits per heavy atom. The molecule has 0 amide bonds. The van der Waals surface area contributed by atoms with Gasteiger partial charge in [-0.25, -0.2) is 9.97 Å². The Bertz CT molecular complexity index is 1140. The first-order chi connectivity index (χ1) is 13.0. The Balaban J connectivity index is 1.92. The summed E-state index contributed by atoms with van der Waals surface area (Å²) in [6.45, 7) is 0. The summed E-state index contributed by atoms with van der Waals surface area (Å²) in [6, 6.07) is 8.22. The van der Waals surface area contributed by atoms with E-state index in [0.717, 1.165) is 0 Å². The molecular weight excluding hydrogens is 393 g/mol. The van der Waals surface area contributed by atoms with Crippen LogP contribution in [0.3, 0.4) is 0 Å². The third-order valence-electron chi connectivity index (χ3n) is 4.06. The first-order valence-corrected chi connectivity index (χ1v) is 8.48. The zero-order valence-corrected chi connectivity index (χ0v) is 15.4. The van der Waals surface area contributed by atoms with E-state index < -0.39 is 0 Å². The van der Waals surface area contributed by atoms with Crippen LogP contribution in [0, 0.1) is 0 Å². The highest BCUT2D eigenvalue weighted by Crippen LogP contribution is 2.38. The smallest absolute Gasteiger partial charge is 0.157 e. The average molecular weight is 406 g/mol. The van der Waals surface area contributed by atoms with Crippen LogP contribution in [0.2, 0.25) is 10.0 Å². The molecule has 0 aliphatic heterocycles. The number of halogens is 2. The molecule has 0 radical (unpaired) electrons. The summed E-state index contributed by atoms with van der Waals surface area (Å²) in [7, 11) is 1.53. The number of ether oxygens (including phenoxy) is 1. The number of methoxy groups -OCH3 is 1. The minimum Gasteiger partial charge on any atom is -0.497 e. The first kappa shape index (κ1) is 17.6. The van der Waals surface area contributed by atoms with Crippen molar-refractivity contribution >= 4 is 56.9 Å². The van der Waals surface area contributed by atoms with Crippen molar-refractivity contribution in [3.05, 3.63) is 52.9 Å². The van der Waals surface area contributed by atoms with Crippen LogP contribution >= 0.6 is 23.2 Å². The number of hydrogen-bond acceptors (Lipinski definition) is 7. The lowest BCUT2D eigenvalue weighted by Crippen LogP contribution is -2.13. The number of fused-ring (bicyclic) bond motifs is 3. The molecule has 0 spiro atoms. The minimum absolute atomic E-state index is 0.0494. The molecular formula is C17H13Cl2N5O3. The van der Waals surface area contributed by atoms with E-state index in [1.165, 1.54) is 7.11 Å². The third kappa shape index (κ3) is 2.98. The van der Waals surface area contributed by atoms with Gasteiger partial charge in [-0.2, -0.15) is 0 Å². The second-order valence-corrected chi connectivity index (χ2v) is 6.45. The van der Waals surface area contributed by atoms with Crippen LogP contribution in [0.15, 0.2) is 42.9 Å². The van der Waals surface area contributed by atoms with Gasteiger partial charge in [-0.15, -0.1) is 5.23 Å². The van der Waals surface area contributed by atoms with E-state index in [1.54, 1.807) is 47.3 Å². The van der Waals surface area contributed by atoms with E-state index >= 15 is 0 Å². The van der Waals surface area contributed by atoms with Crippen molar-refractivity contribution in [1.29, 1.82) is 0 Å². The fourth-order valence-electron chi connectivity index (χ4n) is 2.84. The van der Waals surface area contributed by atoms with Gasteiger partial charge in [0.2, 0.25) is 0 Å². The summed E-state index contributed by atoms with van der Waals surface area (Å²) in [5, 5.41) is 22.9. The minimum atomic E-state index is 0.0494. The van der Waals surface area contributed by atoms with E-state index in [9.17, 15) is 10.4 Å². The van der Waals surface area contributed by atoms with Crippen LogP contribution < -0.4 is 15.3 Å². The van der Waals surface area contributed by atoms with Gasteiger partial charge in [0.15, 0.2) is 5.82 Å². The quantitative estimate of drug-likeness (QED) is 0.429. The number of aromatic nitrogens is 3. The van der Waals surface area contributed by atoms with Crippen LogP contribution in [0.25, 0.3) is 16.6 Å². The standard InChI is InChI=1S/C17H13Cl2N5O3/c1-27-9-5-10(18)15(11(19)6-9)22-17-14-7-20-8-23(14)16-12(21-17)3-2-4-13(16)24(25)26/h2-8,25-26H,1H3,(H,21,22). The summed E-state index contributed by atoms with van der Waals surface area (Å²) in [6.07, 6.45) is 3.14. The molecule has 8 nitrogen and oxygen atoms in total. The maximum Gasteiger partial charge on any atom is 0.157 e. The number of anilines is 3. The highest BCUT2D eigenvalue weighted by atomic mass is 35.5. The lowest BCUT2D eigenvalue weighted by Gasteiger charge is -2.16. The van der Waals surface area contributed by atoms with E-state index in [-0.39, 0.29) is 10.9 Å². The maximum atomic E-state index is 9.51. The predicted octanol–water partition coefficient (Wildman–Crippen LogP) is 4.53. The number of nitrogens with zero attached hydrogens (tertiary/aromatic N) is 4. The molecule has 0 atom stereocenters. The van der Waals surface area contributed by atoms with E-state index in [0.29, 0.717) is 43.9 Å². The Morgan fingerprint density at radius 1 is 1.19 bits per heavy atom. The van der Waals surface area contributed by atoms with Gasteiger partial charge in [0.25, 0.3) is 0 Å². The summed E-state index contributed by atoms with van der Waals surface area (Å²) < 4.78 is 6.84. The number of rotatable bonds is 4. The molecule has 0 aliphatic rings. The second kappa shape index (κ2) is 6.75. The fourth-order valence-corrected chi connectivity index (χ4v) is 3.40. The lowest BCUT2D eigenvalue weighted by molar-refractivity contribution is 0.0298. The van der Waals surface area contributed by atoms with Gasteiger partial charge in [0, 0.05) is 12.1 Å². The molecule has 0 saturated carbocycles. The molecule has 4 aromatic rings. The zero-order chi connectivity index (χ0) is 19.1. The summed E-state index contributed by atoms with van der Waals surface area (Å²) in [4.78, 5) is 8.71. The van der Waals surface area contributed by atoms with Gasteiger partial charge in [-0.1, -0.05) is 29.3 Å². The van der Waals surface area contributed by atoms with Gasteiger partial charge in [0.1, 0.15) is 22.5 Å². The van der Waals surface area contributed by atoms with Gasteiger partial charge in [-0.05, 0) is 12.1 Å². The highest BCUT2D eigenvalue weighted by molar-refractivity contribution is 6.39. The zero-order valence-electron chi connectivity index (χ0n) is 13.9. The van der Waals surface area contributed by atoms with Crippen LogP contribution in [-0.2, 0) is 0 Å². The number of benzene rings is 2. The van der Waals surface area contributed by atoms with E-state index in [1.807, 2.05) is 0 Å². The monoisotopic (exact) mass is 405 g/mol. The second-order valence-electron chi connectivity index (χ2n) is 5.63. The molecule has 3 N–H and O–H groups in total. The predicted molar refractivity (Wildman–Crippen MR) is 103 cm³/mol. The molecule has 10 heteroatoms. The molecule has 4 rings (SSSR count). The summed E-state index contributed by atoms with van der Waals surface area (Å²) in [5.74, 6) is 0.987. The van der Waals surface area contributed by atoms with Gasteiger partial charge >= 0.3 is 0 Å². The van der Waals surface area contributed by atoms with Crippen molar-refractivity contribution in [3.63, 3.8) is 0 Å². The van der Waals surface area contributed by atoms with Crippen LogP contribution in [0.4, 0.5) is 17.2 Å². The topological polar surface area (TPSA) is 95.2 Å². The Hall–Kier alpha value is -2.78. The highest BCUT2D eigenvalue weighted by Gasteiger charge is 2.17. The molecule has 2 heterocycles. The fraction of sp³-hybridized carbons (Fsp3) is 0.0588. The maximum absolute atomic E-state index is 9.51. The first-order valence-electron chi connectivity index (χ1n) is 7.72. The number of nitrogens with one attached hydrogen (secondary N) is 1. The van der Waals surface area contributed by atoms with Crippen molar-refractivity contribution in [1.82, 2.24) is 14.4 Å². The van der Waals surface area contributed by atoms with Gasteiger partial charge < -0.3 is 10.1 Å². The van der Waals surface area contributed by atoms with Crippen molar-refractivity contribution < 1.29 is 15.2 Å². The Kier molecular flexibility index (Phi) is 4.40. The molecule has 138 valence electrons. The molecule has 0 saturated heterocycles. The molecule has 27 heavy (non-hydrogen) atoms. The van der Waals surface area contributed by atoms with Crippen LogP contribution in [-0.4, -0.2) is 31.9 Å². The molecule has 2 aromatic heterocycles. The van der Waals surface area contributed by atoms with Crippen molar-refractivity contribution in [2.45, 2.75) is 0 Å². The summed E-state index contributed by atoms with van der Waals surface area (Å²) >= 11 is 12.6. The average Bonchev–Trinajstić information content (AvgIpc) is 3.13. The number of hydrogen-bond donors (Lipinski definition) is 3. The van der Waals surface area contributed by atoms with Crippen molar-refractivity contribution in [2.24, 2.45) is 0 Å². The van der Waals surface area contributed by atoms with Crippen LogP contribution in [0.5, 0.6) is 5.75 Å². The normalized spacial score (nSPS) is 11.1. The van der Waals surface area contributed by atoms with Crippen molar-refractivity contribution in [2.75, 3.05) is 17.7 Å². The third-order valence-corrected chi connectivity index (χ3v) is 4.65. The largest absolute Gasteiger partial charge is 0.497 e. The van der Waals surface area contributed by atoms with E-state index in [2.05, 4.69) is 15.3 Å². The molecule has 0 bridgehead atoms. The number of para-hydroxylation sites is 1. The lowest BCUT2D eigenvalue weighted by atomic mass is 10.2. The Labute approximate surface area is 163 Å².